The van der Waals surface area contributed by atoms with Gasteiger partial charge in [0, 0.05) is 6.42 Å². The molecule has 0 aliphatic heterocycles. The van der Waals surface area contributed by atoms with E-state index >= 15 is 0 Å². The van der Waals surface area contributed by atoms with E-state index in [1.807, 2.05) is 5.32 Å². The first kappa shape index (κ1) is 26.7. The van der Waals surface area contributed by atoms with Gasteiger partial charge in [-0.05, 0) is 20.3 Å². The van der Waals surface area contributed by atoms with Crippen molar-refractivity contribution in [3.63, 3.8) is 0 Å². The van der Waals surface area contributed by atoms with Crippen molar-refractivity contribution in [2.75, 3.05) is 0 Å². The van der Waals surface area contributed by atoms with Crippen LogP contribution in [0.15, 0.2) is 0 Å². The first-order chi connectivity index (χ1) is 13.8. The van der Waals surface area contributed by atoms with Crippen molar-refractivity contribution in [3.8, 4) is 0 Å². The Labute approximate surface area is 170 Å². The molecule has 30 heavy (non-hydrogen) atoms. The van der Waals surface area contributed by atoms with Crippen LogP contribution in [-0.2, 0) is 28.8 Å². The van der Waals surface area contributed by atoms with Crippen LogP contribution in [0.4, 0.5) is 0 Å². The molecule has 0 aromatic rings. The zero-order valence-electron chi connectivity index (χ0n) is 16.3. The molecular weight excluding hydrogens is 408 g/mol. The second-order valence-electron chi connectivity index (χ2n) is 6.49. The molecule has 9 N–H and O–H groups in total. The maximum Gasteiger partial charge on any atom is 0.326 e. The highest BCUT2D eigenvalue weighted by Gasteiger charge is 2.30. The van der Waals surface area contributed by atoms with Gasteiger partial charge in [-0.25, -0.2) is 4.79 Å². The third-order valence-corrected chi connectivity index (χ3v) is 3.85. The van der Waals surface area contributed by atoms with Gasteiger partial charge in [-0.2, -0.15) is 0 Å². The molecule has 14 heteroatoms. The second-order valence-corrected chi connectivity index (χ2v) is 6.49. The standard InChI is InChI=1S/C16H26N4O10/c1-6(18-15(28)12(17)7(2)21)13(26)19-8(3-4-10(22)23)14(27)20-9(16(29)30)5-11(24)25/h6-9,12,21H,3-5,17H2,1-2H3,(H,18,28)(H,19,26)(H,20,27)(H,22,23)(H,24,25)(H,29,30)/t6-,7+,8-,9-,12-/m0/s1. The minimum atomic E-state index is -1.81. The van der Waals surface area contributed by atoms with Crippen molar-refractivity contribution in [2.24, 2.45) is 5.73 Å². The van der Waals surface area contributed by atoms with Crippen molar-refractivity contribution in [2.45, 2.75) is 63.4 Å². The topological polar surface area (TPSA) is 245 Å². The molecule has 0 aliphatic carbocycles. The molecule has 0 fully saturated rings. The Morgan fingerprint density at radius 3 is 1.77 bits per heavy atom. The molecule has 5 atom stereocenters. The summed E-state index contributed by atoms with van der Waals surface area (Å²) in [5.41, 5.74) is 5.44. The number of hydrogen-bond donors (Lipinski definition) is 8. The van der Waals surface area contributed by atoms with E-state index in [0.29, 0.717) is 0 Å². The van der Waals surface area contributed by atoms with Crippen LogP contribution in [0, 0.1) is 0 Å². The maximum atomic E-state index is 12.3. The fraction of sp³-hybridized carbons (Fsp3) is 0.625. The van der Waals surface area contributed by atoms with Gasteiger partial charge in [0.2, 0.25) is 17.7 Å². The summed E-state index contributed by atoms with van der Waals surface area (Å²) in [7, 11) is 0. The van der Waals surface area contributed by atoms with Gasteiger partial charge in [-0.3, -0.25) is 24.0 Å². The summed E-state index contributed by atoms with van der Waals surface area (Å²) in [6.45, 7) is 2.50. The van der Waals surface area contributed by atoms with Gasteiger partial charge in [-0.15, -0.1) is 0 Å². The number of nitrogens with two attached hydrogens (primary N) is 1. The first-order valence-electron chi connectivity index (χ1n) is 8.77. The molecule has 0 aromatic heterocycles. The van der Waals surface area contributed by atoms with Crippen LogP contribution in [0.3, 0.4) is 0 Å². The third kappa shape index (κ3) is 9.79. The summed E-state index contributed by atoms with van der Waals surface area (Å²) in [5, 5.41) is 42.1. The van der Waals surface area contributed by atoms with Crippen molar-refractivity contribution in [1.29, 1.82) is 0 Å². The van der Waals surface area contributed by atoms with E-state index in [4.69, 9.17) is 21.1 Å². The molecule has 14 nitrogen and oxygen atoms in total. The minimum Gasteiger partial charge on any atom is -0.481 e. The Kier molecular flexibility index (Phi) is 11.0. The molecular formula is C16H26N4O10. The lowest BCUT2D eigenvalue weighted by Crippen LogP contribution is -2.57. The van der Waals surface area contributed by atoms with E-state index in [0.717, 1.165) is 0 Å². The van der Waals surface area contributed by atoms with Crippen LogP contribution in [0.5, 0.6) is 0 Å². The van der Waals surface area contributed by atoms with Gasteiger partial charge in [-0.1, -0.05) is 0 Å². The van der Waals surface area contributed by atoms with E-state index in [9.17, 15) is 33.9 Å². The van der Waals surface area contributed by atoms with Gasteiger partial charge in [0.05, 0.1) is 12.5 Å². The SMILES string of the molecule is C[C@H](NC(=O)[C@@H](N)[C@@H](C)O)C(=O)N[C@@H](CCC(=O)O)C(=O)N[C@@H](CC(=O)O)C(=O)O. The van der Waals surface area contributed by atoms with E-state index in [1.54, 1.807) is 0 Å². The summed E-state index contributed by atoms with van der Waals surface area (Å²) < 4.78 is 0. The van der Waals surface area contributed by atoms with Crippen LogP contribution >= 0.6 is 0 Å². The van der Waals surface area contributed by atoms with Crippen LogP contribution in [0.1, 0.15) is 33.1 Å². The highest BCUT2D eigenvalue weighted by atomic mass is 16.4. The number of amides is 3. The summed E-state index contributed by atoms with van der Waals surface area (Å²) >= 11 is 0. The third-order valence-electron chi connectivity index (χ3n) is 3.85. The number of carboxylic acid groups (broad SMARTS) is 3. The van der Waals surface area contributed by atoms with E-state index in [1.165, 1.54) is 13.8 Å². The lowest BCUT2D eigenvalue weighted by Gasteiger charge is -2.23. The average Bonchev–Trinajstić information content (AvgIpc) is 2.62. The molecule has 0 heterocycles. The van der Waals surface area contributed by atoms with Crippen LogP contribution in [0.25, 0.3) is 0 Å². The molecule has 0 saturated heterocycles. The highest BCUT2D eigenvalue weighted by Crippen LogP contribution is 2.02. The zero-order chi connectivity index (χ0) is 23.6. The molecule has 0 rings (SSSR count). The van der Waals surface area contributed by atoms with Gasteiger partial charge in [0.1, 0.15) is 24.2 Å². The maximum absolute atomic E-state index is 12.3. The number of carbonyl (C=O) groups is 6. The number of carboxylic acids is 3. The van der Waals surface area contributed by atoms with Crippen LogP contribution in [0.2, 0.25) is 0 Å². The molecule has 0 aliphatic rings. The average molecular weight is 434 g/mol. The summed E-state index contributed by atoms with van der Waals surface area (Å²) in [6, 6.07) is -5.88. The largest absolute Gasteiger partial charge is 0.481 e. The minimum absolute atomic E-state index is 0.430. The lowest BCUT2D eigenvalue weighted by atomic mass is 10.1. The number of aliphatic hydroxyl groups is 1. The molecule has 3 amide bonds. The van der Waals surface area contributed by atoms with Gasteiger partial charge >= 0.3 is 17.9 Å². The Balaban J connectivity index is 5.22. The predicted molar refractivity (Wildman–Crippen MR) is 97.9 cm³/mol. The first-order valence-corrected chi connectivity index (χ1v) is 8.77. The number of carbonyl (C=O) groups excluding carboxylic acids is 3. The van der Waals surface area contributed by atoms with Crippen molar-refractivity contribution in [3.05, 3.63) is 0 Å². The van der Waals surface area contributed by atoms with E-state index in [2.05, 4.69) is 10.6 Å². The number of nitrogens with one attached hydrogen (secondary N) is 3. The Bertz CT molecular complexity index is 681. The van der Waals surface area contributed by atoms with Crippen molar-refractivity contribution < 1.29 is 49.2 Å². The Morgan fingerprint density at radius 2 is 1.33 bits per heavy atom. The van der Waals surface area contributed by atoms with Gasteiger partial charge < -0.3 is 42.1 Å². The molecule has 0 unspecified atom stereocenters. The molecule has 0 aromatic carbocycles. The summed E-state index contributed by atoms with van der Waals surface area (Å²) in [6.07, 6.45) is -3.13. The molecule has 0 spiro atoms. The van der Waals surface area contributed by atoms with Crippen LogP contribution in [-0.4, -0.2) is 86.3 Å². The van der Waals surface area contributed by atoms with E-state index < -0.39 is 85.2 Å². The van der Waals surface area contributed by atoms with Crippen molar-refractivity contribution in [1.82, 2.24) is 16.0 Å². The Morgan fingerprint density at radius 1 is 0.800 bits per heavy atom. The highest BCUT2D eigenvalue weighted by molar-refractivity contribution is 5.94. The molecule has 170 valence electrons. The smallest absolute Gasteiger partial charge is 0.326 e. The number of aliphatic carboxylic acids is 3. The number of aliphatic hydroxyl groups excluding tert-OH is 1. The van der Waals surface area contributed by atoms with Gasteiger partial charge in [0.15, 0.2) is 0 Å². The van der Waals surface area contributed by atoms with Gasteiger partial charge in [0.25, 0.3) is 0 Å². The second kappa shape index (κ2) is 12.3. The molecule has 0 saturated carbocycles. The quantitative estimate of drug-likeness (QED) is 0.142. The number of rotatable bonds is 13. The Hall–Kier alpha value is -3.26. The molecule has 0 bridgehead atoms. The molecule has 0 radical (unpaired) electrons. The fourth-order valence-electron chi connectivity index (χ4n) is 2.07. The van der Waals surface area contributed by atoms with E-state index in [-0.39, 0.29) is 0 Å². The fourth-order valence-corrected chi connectivity index (χ4v) is 2.07. The monoisotopic (exact) mass is 434 g/mol. The zero-order valence-corrected chi connectivity index (χ0v) is 16.3. The van der Waals surface area contributed by atoms with Crippen LogP contribution < -0.4 is 21.7 Å². The predicted octanol–water partition coefficient (Wildman–Crippen LogP) is -3.41. The lowest BCUT2D eigenvalue weighted by molar-refractivity contribution is -0.147. The summed E-state index contributed by atoms with van der Waals surface area (Å²) in [5.74, 6) is -7.33. The number of hydrogen-bond acceptors (Lipinski definition) is 8. The normalized spacial score (nSPS) is 15.6. The van der Waals surface area contributed by atoms with Crippen molar-refractivity contribution >= 4 is 35.6 Å². The summed E-state index contributed by atoms with van der Waals surface area (Å²) in [4.78, 5) is 69.0.